The van der Waals surface area contributed by atoms with Gasteiger partial charge in [0.2, 0.25) is 0 Å². The molecule has 1 N–H and O–H groups in total. The highest BCUT2D eigenvalue weighted by molar-refractivity contribution is 5.78. The molecule has 1 fully saturated rings. The lowest BCUT2D eigenvalue weighted by Crippen LogP contribution is -2.07. The van der Waals surface area contributed by atoms with Crippen molar-refractivity contribution in [2.24, 2.45) is 5.92 Å². The number of rotatable bonds is 3. The molecule has 1 aliphatic carbocycles. The third-order valence-corrected chi connectivity index (χ3v) is 3.03. The van der Waals surface area contributed by atoms with Crippen LogP contribution in [0.2, 0.25) is 0 Å². The number of aromatic amines is 1. The Balaban J connectivity index is 1.80. The third kappa shape index (κ3) is 1.77. The van der Waals surface area contributed by atoms with Gasteiger partial charge in [0.25, 0.3) is 0 Å². The molecule has 0 saturated heterocycles. The van der Waals surface area contributed by atoms with Crippen LogP contribution in [0.15, 0.2) is 18.5 Å². The summed E-state index contributed by atoms with van der Waals surface area (Å²) in [5, 5.41) is 0. The molecule has 0 aliphatic heterocycles. The van der Waals surface area contributed by atoms with Crippen LogP contribution >= 0.6 is 0 Å². The van der Waals surface area contributed by atoms with Crippen LogP contribution < -0.4 is 0 Å². The first-order valence-corrected chi connectivity index (χ1v) is 5.76. The topological polar surface area (TPSA) is 67.9 Å². The summed E-state index contributed by atoms with van der Waals surface area (Å²) in [5.74, 6) is 0.909. The van der Waals surface area contributed by atoms with E-state index in [2.05, 4.69) is 15.0 Å². The first kappa shape index (κ1) is 10.3. The van der Waals surface area contributed by atoms with Gasteiger partial charge in [-0.25, -0.2) is 4.98 Å². The largest absolute Gasteiger partial charge is 0.466 e. The lowest BCUT2D eigenvalue weighted by Gasteiger charge is -1.98. The monoisotopic (exact) mass is 231 g/mol. The highest BCUT2D eigenvalue weighted by Gasteiger charge is 2.47. The summed E-state index contributed by atoms with van der Waals surface area (Å²) in [5.41, 5.74) is 1.81. The van der Waals surface area contributed by atoms with Gasteiger partial charge in [-0.05, 0) is 19.4 Å². The number of ether oxygens (including phenoxy) is 1. The smallest absolute Gasteiger partial charge is 0.309 e. The van der Waals surface area contributed by atoms with E-state index < -0.39 is 0 Å². The Bertz CT molecular complexity index is 531. The van der Waals surface area contributed by atoms with E-state index in [-0.39, 0.29) is 17.8 Å². The van der Waals surface area contributed by atoms with Crippen molar-refractivity contribution in [2.45, 2.75) is 19.3 Å². The average Bonchev–Trinajstić information content (AvgIpc) is 3.02. The van der Waals surface area contributed by atoms with E-state index >= 15 is 0 Å². The maximum absolute atomic E-state index is 11.5. The summed E-state index contributed by atoms with van der Waals surface area (Å²) in [7, 11) is 0. The van der Waals surface area contributed by atoms with E-state index in [4.69, 9.17) is 4.74 Å². The van der Waals surface area contributed by atoms with Crippen LogP contribution in [-0.2, 0) is 9.53 Å². The number of carbonyl (C=O) groups excluding carboxylic acids is 1. The van der Waals surface area contributed by atoms with Gasteiger partial charge in [-0.15, -0.1) is 0 Å². The highest BCUT2D eigenvalue weighted by Crippen LogP contribution is 2.47. The third-order valence-electron chi connectivity index (χ3n) is 3.03. The fourth-order valence-electron chi connectivity index (χ4n) is 2.06. The fourth-order valence-corrected chi connectivity index (χ4v) is 2.06. The van der Waals surface area contributed by atoms with Crippen LogP contribution in [-0.4, -0.2) is 27.5 Å². The lowest BCUT2D eigenvalue weighted by atomic mass is 10.3. The molecular weight excluding hydrogens is 218 g/mol. The number of nitrogens with zero attached hydrogens (tertiary/aromatic N) is 2. The van der Waals surface area contributed by atoms with Crippen molar-refractivity contribution in [3.63, 3.8) is 0 Å². The van der Waals surface area contributed by atoms with Crippen molar-refractivity contribution in [3.05, 3.63) is 24.3 Å². The molecule has 88 valence electrons. The summed E-state index contributed by atoms with van der Waals surface area (Å²) in [4.78, 5) is 23.2. The number of carbonyl (C=O) groups is 1. The summed E-state index contributed by atoms with van der Waals surface area (Å²) >= 11 is 0. The first-order valence-electron chi connectivity index (χ1n) is 5.76. The van der Waals surface area contributed by atoms with Crippen molar-refractivity contribution in [3.8, 4) is 0 Å². The quantitative estimate of drug-likeness (QED) is 0.815. The number of imidazole rings is 1. The zero-order valence-corrected chi connectivity index (χ0v) is 9.51. The molecule has 17 heavy (non-hydrogen) atoms. The second-order valence-electron chi connectivity index (χ2n) is 4.22. The van der Waals surface area contributed by atoms with E-state index in [1.807, 2.05) is 13.0 Å². The highest BCUT2D eigenvalue weighted by atomic mass is 16.5. The fraction of sp³-hybridized carbons (Fsp3) is 0.417. The molecule has 0 aromatic carbocycles. The SMILES string of the molecule is CCOC(=O)[C@@H]1C[C@H]1c1nc2cnccc2[nH]1. The van der Waals surface area contributed by atoms with Gasteiger partial charge in [0.15, 0.2) is 0 Å². The van der Waals surface area contributed by atoms with Crippen molar-refractivity contribution in [2.75, 3.05) is 6.61 Å². The Morgan fingerprint density at radius 1 is 1.65 bits per heavy atom. The Hall–Kier alpha value is -1.91. The average molecular weight is 231 g/mol. The normalized spacial score (nSPS) is 22.6. The van der Waals surface area contributed by atoms with E-state index in [0.717, 1.165) is 23.3 Å². The van der Waals surface area contributed by atoms with Crippen molar-refractivity contribution in [1.82, 2.24) is 15.0 Å². The number of aromatic nitrogens is 3. The van der Waals surface area contributed by atoms with Crippen LogP contribution in [0, 0.1) is 5.92 Å². The predicted octanol–water partition coefficient (Wildman–Crippen LogP) is 1.62. The van der Waals surface area contributed by atoms with Gasteiger partial charge in [-0.3, -0.25) is 9.78 Å². The summed E-state index contributed by atoms with van der Waals surface area (Å²) < 4.78 is 5.00. The van der Waals surface area contributed by atoms with Gasteiger partial charge < -0.3 is 9.72 Å². The molecule has 2 heterocycles. The van der Waals surface area contributed by atoms with E-state index in [0.29, 0.717) is 6.61 Å². The van der Waals surface area contributed by atoms with Gasteiger partial charge in [-0.2, -0.15) is 0 Å². The molecule has 2 atom stereocenters. The molecule has 3 rings (SSSR count). The van der Waals surface area contributed by atoms with Gasteiger partial charge in [0.1, 0.15) is 11.3 Å². The Morgan fingerprint density at radius 2 is 2.53 bits per heavy atom. The maximum Gasteiger partial charge on any atom is 0.309 e. The minimum absolute atomic E-state index is 0.0246. The van der Waals surface area contributed by atoms with E-state index in [1.54, 1.807) is 12.4 Å². The number of esters is 1. The van der Waals surface area contributed by atoms with Crippen LogP contribution in [0.3, 0.4) is 0 Å². The molecule has 1 aliphatic rings. The minimum atomic E-state index is -0.115. The van der Waals surface area contributed by atoms with E-state index in [9.17, 15) is 4.79 Å². The van der Waals surface area contributed by atoms with Gasteiger partial charge in [0.05, 0.1) is 24.2 Å². The number of nitrogens with one attached hydrogen (secondary N) is 1. The standard InChI is InChI=1S/C12H13N3O2/c1-2-17-12(16)8-5-7(8)11-14-9-3-4-13-6-10(9)15-11/h3-4,6-8H,2,5H2,1H3,(H,14,15)/t7-,8-/m1/s1. The molecule has 0 radical (unpaired) electrons. The molecule has 0 spiro atoms. The molecule has 2 aromatic heterocycles. The van der Waals surface area contributed by atoms with Gasteiger partial charge in [-0.1, -0.05) is 0 Å². The lowest BCUT2D eigenvalue weighted by molar-refractivity contribution is -0.144. The van der Waals surface area contributed by atoms with Crippen molar-refractivity contribution < 1.29 is 9.53 Å². The molecule has 5 heteroatoms. The molecule has 5 nitrogen and oxygen atoms in total. The number of H-pyrrole nitrogens is 1. The predicted molar refractivity (Wildman–Crippen MR) is 61.4 cm³/mol. The summed E-state index contributed by atoms with van der Waals surface area (Å²) in [6.07, 6.45) is 4.27. The van der Waals surface area contributed by atoms with Crippen molar-refractivity contribution in [1.29, 1.82) is 0 Å². The van der Waals surface area contributed by atoms with Crippen LogP contribution in [0.1, 0.15) is 25.1 Å². The van der Waals surface area contributed by atoms with Crippen molar-refractivity contribution >= 4 is 17.0 Å². The van der Waals surface area contributed by atoms with E-state index in [1.165, 1.54) is 0 Å². The zero-order valence-electron chi connectivity index (χ0n) is 9.51. The van der Waals surface area contributed by atoms with Crippen LogP contribution in [0.5, 0.6) is 0 Å². The zero-order chi connectivity index (χ0) is 11.8. The number of hydrogen-bond acceptors (Lipinski definition) is 4. The van der Waals surface area contributed by atoms with Crippen LogP contribution in [0.25, 0.3) is 11.0 Å². The van der Waals surface area contributed by atoms with Gasteiger partial charge >= 0.3 is 5.97 Å². The summed E-state index contributed by atoms with van der Waals surface area (Å²) in [6.45, 7) is 2.26. The molecule has 1 saturated carbocycles. The number of fused-ring (bicyclic) bond motifs is 1. The first-order chi connectivity index (χ1) is 8.29. The van der Waals surface area contributed by atoms with Crippen LogP contribution in [0.4, 0.5) is 0 Å². The Kier molecular flexibility index (Phi) is 2.31. The maximum atomic E-state index is 11.5. The molecular formula is C12H13N3O2. The Morgan fingerprint density at radius 3 is 3.29 bits per heavy atom. The number of hydrogen-bond donors (Lipinski definition) is 1. The minimum Gasteiger partial charge on any atom is -0.466 e. The number of pyridine rings is 1. The second kappa shape index (κ2) is 3.84. The molecule has 0 unspecified atom stereocenters. The van der Waals surface area contributed by atoms with Gasteiger partial charge in [0, 0.05) is 12.1 Å². The summed E-state index contributed by atoms with van der Waals surface area (Å²) in [6, 6.07) is 1.88. The second-order valence-corrected chi connectivity index (χ2v) is 4.22. The molecule has 0 amide bonds. The molecule has 2 aromatic rings. The molecule has 0 bridgehead atoms. The Labute approximate surface area is 98.2 Å².